The number of piperazine rings is 1. The Morgan fingerprint density at radius 1 is 1.12 bits per heavy atom. The van der Waals surface area contributed by atoms with Crippen LogP contribution in [0.2, 0.25) is 0 Å². The normalized spacial score (nSPS) is 19.8. The van der Waals surface area contributed by atoms with Crippen LogP contribution < -0.4 is 0 Å². The van der Waals surface area contributed by atoms with Crippen molar-refractivity contribution in [3.63, 3.8) is 0 Å². The number of pyridine rings is 1. The Balaban J connectivity index is 1.41. The summed E-state index contributed by atoms with van der Waals surface area (Å²) in [6.45, 7) is 1.92. The molecule has 1 aromatic heterocycles. The standard InChI is InChI=1S/C19H19N3O2S/c23-18-9-6-15-13-21(11-12-22(15)18)19(24)14-4-7-16(8-5-14)25-17-3-1-2-10-20-17/h1-5,7-8,10,15H,6,9,11-13H2/t15-/m0/s1. The minimum atomic E-state index is 0.0494. The lowest BCUT2D eigenvalue weighted by Gasteiger charge is -2.37. The van der Waals surface area contributed by atoms with Gasteiger partial charge in [-0.25, -0.2) is 4.98 Å². The third-order valence-corrected chi connectivity index (χ3v) is 5.70. The van der Waals surface area contributed by atoms with Crippen molar-refractivity contribution in [2.24, 2.45) is 0 Å². The third-order valence-electron chi connectivity index (χ3n) is 4.74. The van der Waals surface area contributed by atoms with Gasteiger partial charge < -0.3 is 9.80 Å². The molecule has 25 heavy (non-hydrogen) atoms. The highest BCUT2D eigenvalue weighted by molar-refractivity contribution is 7.99. The molecule has 2 amide bonds. The Bertz CT molecular complexity index is 779. The molecule has 4 rings (SSSR count). The molecule has 0 N–H and O–H groups in total. The van der Waals surface area contributed by atoms with Crippen LogP contribution >= 0.6 is 11.8 Å². The van der Waals surface area contributed by atoms with Gasteiger partial charge in [0.25, 0.3) is 5.91 Å². The Morgan fingerprint density at radius 2 is 1.96 bits per heavy atom. The van der Waals surface area contributed by atoms with Crippen molar-refractivity contribution in [2.45, 2.75) is 28.8 Å². The number of rotatable bonds is 3. The van der Waals surface area contributed by atoms with E-state index in [1.165, 1.54) is 0 Å². The van der Waals surface area contributed by atoms with Crippen molar-refractivity contribution in [3.8, 4) is 0 Å². The van der Waals surface area contributed by atoms with Crippen molar-refractivity contribution < 1.29 is 9.59 Å². The van der Waals surface area contributed by atoms with Crippen molar-refractivity contribution in [1.29, 1.82) is 0 Å². The molecular weight excluding hydrogens is 334 g/mol. The summed E-state index contributed by atoms with van der Waals surface area (Å²) in [4.78, 5) is 33.7. The first-order valence-electron chi connectivity index (χ1n) is 8.48. The van der Waals surface area contributed by atoms with E-state index >= 15 is 0 Å². The summed E-state index contributed by atoms with van der Waals surface area (Å²) in [6, 6.07) is 13.7. The zero-order valence-corrected chi connectivity index (χ0v) is 14.6. The van der Waals surface area contributed by atoms with Gasteiger partial charge in [-0.3, -0.25) is 9.59 Å². The summed E-state index contributed by atoms with van der Waals surface area (Å²) in [6.07, 6.45) is 3.25. The molecule has 5 nitrogen and oxygen atoms in total. The minimum Gasteiger partial charge on any atom is -0.336 e. The predicted octanol–water partition coefficient (Wildman–Crippen LogP) is 2.68. The number of carbonyl (C=O) groups is 2. The van der Waals surface area contributed by atoms with Crippen LogP contribution in [0.25, 0.3) is 0 Å². The molecule has 3 heterocycles. The first kappa shape index (κ1) is 16.1. The highest BCUT2D eigenvalue weighted by Crippen LogP contribution is 2.27. The largest absolute Gasteiger partial charge is 0.336 e. The van der Waals surface area contributed by atoms with Gasteiger partial charge in [0.1, 0.15) is 5.03 Å². The summed E-state index contributed by atoms with van der Waals surface area (Å²) in [5, 5.41) is 0.934. The number of hydrogen-bond acceptors (Lipinski definition) is 4. The van der Waals surface area contributed by atoms with Crippen molar-refractivity contribution in [1.82, 2.24) is 14.8 Å². The maximum atomic E-state index is 12.7. The molecule has 6 heteroatoms. The number of carbonyl (C=O) groups excluding carboxylic acids is 2. The van der Waals surface area contributed by atoms with Gasteiger partial charge in [0.15, 0.2) is 0 Å². The zero-order valence-electron chi connectivity index (χ0n) is 13.8. The fourth-order valence-corrected chi connectivity index (χ4v) is 4.20. The molecule has 1 atom stereocenters. The minimum absolute atomic E-state index is 0.0494. The fourth-order valence-electron chi connectivity index (χ4n) is 3.43. The Labute approximate surface area is 151 Å². The number of benzene rings is 1. The molecule has 1 aromatic carbocycles. The first-order valence-corrected chi connectivity index (χ1v) is 9.30. The van der Waals surface area contributed by atoms with Crippen LogP contribution in [0.4, 0.5) is 0 Å². The average molecular weight is 353 g/mol. The van der Waals surface area contributed by atoms with E-state index in [9.17, 15) is 9.59 Å². The predicted molar refractivity (Wildman–Crippen MR) is 95.4 cm³/mol. The molecule has 2 saturated heterocycles. The van der Waals surface area contributed by atoms with Crippen LogP contribution in [0.1, 0.15) is 23.2 Å². The Hall–Kier alpha value is -2.34. The van der Waals surface area contributed by atoms with Gasteiger partial charge in [-0.15, -0.1) is 0 Å². The summed E-state index contributed by atoms with van der Waals surface area (Å²) in [5.41, 5.74) is 0.697. The quantitative estimate of drug-likeness (QED) is 0.851. The van der Waals surface area contributed by atoms with Crippen LogP contribution in [0.15, 0.2) is 58.6 Å². The summed E-state index contributed by atoms with van der Waals surface area (Å²) < 4.78 is 0. The second-order valence-electron chi connectivity index (χ2n) is 6.33. The van der Waals surface area contributed by atoms with E-state index in [0.717, 1.165) is 16.3 Å². The molecular formula is C19H19N3O2S. The molecule has 0 unspecified atom stereocenters. The molecule has 2 aliphatic heterocycles. The average Bonchev–Trinajstić information content (AvgIpc) is 3.03. The van der Waals surface area contributed by atoms with Gasteiger partial charge in [-0.05, 0) is 42.8 Å². The zero-order chi connectivity index (χ0) is 17.2. The van der Waals surface area contributed by atoms with Crippen LogP contribution in [0.5, 0.6) is 0 Å². The smallest absolute Gasteiger partial charge is 0.253 e. The van der Waals surface area contributed by atoms with E-state index < -0.39 is 0 Å². The lowest BCUT2D eigenvalue weighted by molar-refractivity contribution is -0.130. The summed E-state index contributed by atoms with van der Waals surface area (Å²) in [5.74, 6) is 0.279. The van der Waals surface area contributed by atoms with E-state index in [0.29, 0.717) is 31.6 Å². The van der Waals surface area contributed by atoms with Crippen molar-refractivity contribution in [2.75, 3.05) is 19.6 Å². The van der Waals surface area contributed by atoms with E-state index in [-0.39, 0.29) is 17.9 Å². The molecule has 0 saturated carbocycles. The lowest BCUT2D eigenvalue weighted by Crippen LogP contribution is -2.53. The molecule has 2 fully saturated rings. The molecule has 128 valence electrons. The fraction of sp³-hybridized carbons (Fsp3) is 0.316. The van der Waals surface area contributed by atoms with Crippen molar-refractivity contribution >= 4 is 23.6 Å². The lowest BCUT2D eigenvalue weighted by atomic mass is 10.1. The number of nitrogens with zero attached hydrogens (tertiary/aromatic N) is 3. The Morgan fingerprint density at radius 3 is 2.72 bits per heavy atom. The topological polar surface area (TPSA) is 53.5 Å². The van der Waals surface area contributed by atoms with E-state index in [1.54, 1.807) is 18.0 Å². The summed E-state index contributed by atoms with van der Waals surface area (Å²) in [7, 11) is 0. The van der Waals surface area contributed by atoms with Gasteiger partial charge >= 0.3 is 0 Å². The van der Waals surface area contributed by atoms with Crippen LogP contribution in [-0.2, 0) is 4.79 Å². The van der Waals surface area contributed by atoms with Gasteiger partial charge in [-0.1, -0.05) is 17.8 Å². The maximum absolute atomic E-state index is 12.7. The third kappa shape index (κ3) is 3.39. The van der Waals surface area contributed by atoms with Crippen LogP contribution in [0.3, 0.4) is 0 Å². The Kier molecular flexibility index (Phi) is 4.44. The van der Waals surface area contributed by atoms with E-state index in [2.05, 4.69) is 4.98 Å². The second kappa shape index (κ2) is 6.88. The molecule has 0 aliphatic carbocycles. The van der Waals surface area contributed by atoms with Gasteiger partial charge in [-0.2, -0.15) is 0 Å². The van der Waals surface area contributed by atoms with E-state index in [4.69, 9.17) is 0 Å². The number of amides is 2. The number of fused-ring (bicyclic) bond motifs is 1. The van der Waals surface area contributed by atoms with Crippen LogP contribution in [0, 0.1) is 0 Å². The second-order valence-corrected chi connectivity index (χ2v) is 7.42. The molecule has 2 aromatic rings. The molecule has 0 bridgehead atoms. The highest BCUT2D eigenvalue weighted by atomic mass is 32.2. The molecule has 0 spiro atoms. The highest BCUT2D eigenvalue weighted by Gasteiger charge is 2.36. The number of aromatic nitrogens is 1. The number of hydrogen-bond donors (Lipinski definition) is 0. The monoisotopic (exact) mass is 353 g/mol. The van der Waals surface area contributed by atoms with Gasteiger partial charge in [0.2, 0.25) is 5.91 Å². The van der Waals surface area contributed by atoms with Crippen LogP contribution in [-0.4, -0.2) is 52.3 Å². The maximum Gasteiger partial charge on any atom is 0.253 e. The molecule has 2 aliphatic rings. The first-order chi connectivity index (χ1) is 12.2. The summed E-state index contributed by atoms with van der Waals surface area (Å²) >= 11 is 1.58. The SMILES string of the molecule is O=C(c1ccc(Sc2ccccn2)cc1)N1CCN2C(=O)CC[C@H]2C1. The van der Waals surface area contributed by atoms with E-state index in [1.807, 2.05) is 52.3 Å². The van der Waals surface area contributed by atoms with Gasteiger partial charge in [0, 0.05) is 48.8 Å². The van der Waals surface area contributed by atoms with Gasteiger partial charge in [0.05, 0.1) is 0 Å². The van der Waals surface area contributed by atoms with Crippen molar-refractivity contribution in [3.05, 3.63) is 54.2 Å². The molecule has 0 radical (unpaired) electrons.